The standard InChI is InChI=1S/C4H5IN2S/c1-2-7-3(5)4(6)8-2/h6H2,1H3. The summed E-state index contributed by atoms with van der Waals surface area (Å²) in [6, 6.07) is 0. The van der Waals surface area contributed by atoms with Gasteiger partial charge in [-0.05, 0) is 29.5 Å². The largest absolute Gasteiger partial charge is 0.388 e. The van der Waals surface area contributed by atoms with Crippen molar-refractivity contribution in [2.75, 3.05) is 5.73 Å². The van der Waals surface area contributed by atoms with Gasteiger partial charge in [0.05, 0.1) is 5.01 Å². The minimum Gasteiger partial charge on any atom is -0.388 e. The van der Waals surface area contributed by atoms with Gasteiger partial charge in [0.15, 0.2) is 0 Å². The van der Waals surface area contributed by atoms with Gasteiger partial charge in [-0.2, -0.15) is 0 Å². The number of halogens is 1. The van der Waals surface area contributed by atoms with E-state index in [4.69, 9.17) is 5.73 Å². The van der Waals surface area contributed by atoms with Crippen LogP contribution in [0.2, 0.25) is 0 Å². The van der Waals surface area contributed by atoms with E-state index < -0.39 is 0 Å². The number of nitrogens with zero attached hydrogens (tertiary/aromatic N) is 1. The summed E-state index contributed by atoms with van der Waals surface area (Å²) in [5.41, 5.74) is 5.49. The maximum Gasteiger partial charge on any atom is 0.135 e. The lowest BCUT2D eigenvalue weighted by Gasteiger charge is -1.76. The van der Waals surface area contributed by atoms with Crippen LogP contribution in [0.5, 0.6) is 0 Å². The molecular formula is C4H5IN2S. The first-order valence-corrected chi connectivity index (χ1v) is 3.98. The van der Waals surface area contributed by atoms with E-state index in [0.29, 0.717) is 0 Å². The normalized spacial score (nSPS) is 9.75. The molecule has 0 bridgehead atoms. The van der Waals surface area contributed by atoms with Crippen LogP contribution in [0.3, 0.4) is 0 Å². The Morgan fingerprint density at radius 3 is 2.50 bits per heavy atom. The van der Waals surface area contributed by atoms with Crippen molar-refractivity contribution >= 4 is 38.9 Å². The Labute approximate surface area is 65.3 Å². The van der Waals surface area contributed by atoms with Gasteiger partial charge < -0.3 is 5.73 Å². The Bertz CT molecular complexity index is 176. The van der Waals surface area contributed by atoms with Crippen LogP contribution in [0.1, 0.15) is 5.01 Å². The van der Waals surface area contributed by atoms with Crippen molar-refractivity contribution in [3.8, 4) is 0 Å². The summed E-state index contributed by atoms with van der Waals surface area (Å²) >= 11 is 3.65. The van der Waals surface area contributed by atoms with E-state index in [1.54, 1.807) is 0 Å². The summed E-state index contributed by atoms with van der Waals surface area (Å²) in [6.07, 6.45) is 0. The van der Waals surface area contributed by atoms with E-state index in [2.05, 4.69) is 27.6 Å². The number of nitrogen functional groups attached to an aromatic ring is 1. The fourth-order valence-corrected chi connectivity index (χ4v) is 1.86. The quantitative estimate of drug-likeness (QED) is 0.700. The Hall–Kier alpha value is 0.160. The van der Waals surface area contributed by atoms with Gasteiger partial charge in [0, 0.05) is 0 Å². The fourth-order valence-electron chi connectivity index (χ4n) is 0.417. The van der Waals surface area contributed by atoms with Crippen LogP contribution in [-0.2, 0) is 0 Å². The van der Waals surface area contributed by atoms with E-state index in [0.717, 1.165) is 13.7 Å². The SMILES string of the molecule is Cc1nc(I)c(N)s1. The van der Waals surface area contributed by atoms with E-state index >= 15 is 0 Å². The van der Waals surface area contributed by atoms with E-state index in [-0.39, 0.29) is 0 Å². The molecule has 0 saturated heterocycles. The summed E-state index contributed by atoms with van der Waals surface area (Å²) in [6.45, 7) is 1.95. The molecule has 0 saturated carbocycles. The molecule has 0 fully saturated rings. The molecule has 0 unspecified atom stereocenters. The van der Waals surface area contributed by atoms with Gasteiger partial charge in [-0.1, -0.05) is 0 Å². The lowest BCUT2D eigenvalue weighted by atomic mass is 10.8. The van der Waals surface area contributed by atoms with Crippen molar-refractivity contribution in [3.63, 3.8) is 0 Å². The highest BCUT2D eigenvalue weighted by molar-refractivity contribution is 14.1. The molecule has 0 spiro atoms. The zero-order valence-electron chi connectivity index (χ0n) is 4.31. The highest BCUT2D eigenvalue weighted by atomic mass is 127. The second-order valence-electron chi connectivity index (χ2n) is 1.39. The molecule has 1 aromatic rings. The Balaban J connectivity index is 3.14. The van der Waals surface area contributed by atoms with Crippen LogP contribution in [0.25, 0.3) is 0 Å². The first-order valence-electron chi connectivity index (χ1n) is 2.08. The molecule has 0 radical (unpaired) electrons. The second-order valence-corrected chi connectivity index (χ2v) is 3.64. The minimum atomic E-state index is 0.822. The highest BCUT2D eigenvalue weighted by Crippen LogP contribution is 2.20. The van der Waals surface area contributed by atoms with Crippen molar-refractivity contribution in [1.29, 1.82) is 0 Å². The third-order valence-electron chi connectivity index (χ3n) is 0.717. The third kappa shape index (κ3) is 1.11. The molecule has 1 heterocycles. The van der Waals surface area contributed by atoms with Crippen molar-refractivity contribution in [2.24, 2.45) is 0 Å². The molecule has 0 aromatic carbocycles. The van der Waals surface area contributed by atoms with Crippen LogP contribution < -0.4 is 5.73 Å². The molecule has 1 aromatic heterocycles. The number of thiazole rings is 1. The minimum absolute atomic E-state index is 0.822. The number of rotatable bonds is 0. The molecule has 2 N–H and O–H groups in total. The van der Waals surface area contributed by atoms with Crippen LogP contribution in [0.4, 0.5) is 5.00 Å². The molecule has 1 rings (SSSR count). The predicted molar refractivity (Wildman–Crippen MR) is 44.0 cm³/mol. The molecule has 0 aliphatic rings. The zero-order chi connectivity index (χ0) is 6.15. The van der Waals surface area contributed by atoms with Gasteiger partial charge in [-0.25, -0.2) is 4.98 Å². The van der Waals surface area contributed by atoms with E-state index in [1.165, 1.54) is 11.3 Å². The lowest BCUT2D eigenvalue weighted by molar-refractivity contribution is 1.26. The highest BCUT2D eigenvalue weighted by Gasteiger charge is 1.98. The number of nitrogens with two attached hydrogens (primary N) is 1. The Morgan fingerprint density at radius 2 is 2.38 bits per heavy atom. The van der Waals surface area contributed by atoms with Gasteiger partial charge in [0.1, 0.15) is 8.70 Å². The van der Waals surface area contributed by atoms with Gasteiger partial charge in [0.2, 0.25) is 0 Å². The van der Waals surface area contributed by atoms with Crippen LogP contribution in [0.15, 0.2) is 0 Å². The van der Waals surface area contributed by atoms with Gasteiger partial charge in [-0.15, -0.1) is 11.3 Å². The average Bonchev–Trinajstić information content (AvgIpc) is 1.85. The molecule has 2 nitrogen and oxygen atoms in total. The summed E-state index contributed by atoms with van der Waals surface area (Å²) in [5.74, 6) is 0. The number of hydrogen-bond donors (Lipinski definition) is 1. The molecule has 4 heteroatoms. The van der Waals surface area contributed by atoms with E-state index in [9.17, 15) is 0 Å². The van der Waals surface area contributed by atoms with E-state index in [1.807, 2.05) is 6.92 Å². The van der Waals surface area contributed by atoms with Gasteiger partial charge in [-0.3, -0.25) is 0 Å². The summed E-state index contributed by atoms with van der Waals surface area (Å²) in [5, 5.41) is 1.86. The monoisotopic (exact) mass is 240 g/mol. The van der Waals surface area contributed by atoms with Crippen molar-refractivity contribution in [2.45, 2.75) is 6.92 Å². The predicted octanol–water partition coefficient (Wildman–Crippen LogP) is 1.64. The lowest BCUT2D eigenvalue weighted by Crippen LogP contribution is -1.80. The smallest absolute Gasteiger partial charge is 0.135 e. The van der Waals surface area contributed by atoms with Crippen molar-refractivity contribution in [3.05, 3.63) is 8.71 Å². The molecule has 0 aliphatic heterocycles. The van der Waals surface area contributed by atoms with Gasteiger partial charge >= 0.3 is 0 Å². The maximum atomic E-state index is 5.49. The molecule has 0 atom stereocenters. The topological polar surface area (TPSA) is 38.9 Å². The second kappa shape index (κ2) is 2.18. The van der Waals surface area contributed by atoms with Gasteiger partial charge in [0.25, 0.3) is 0 Å². The number of anilines is 1. The first kappa shape index (κ1) is 6.28. The third-order valence-corrected chi connectivity index (χ3v) is 2.70. The fraction of sp³-hybridized carbons (Fsp3) is 0.250. The number of aryl methyl sites for hydroxylation is 1. The number of aromatic nitrogens is 1. The summed E-state index contributed by atoms with van der Waals surface area (Å²) < 4.78 is 0.921. The molecule has 8 heavy (non-hydrogen) atoms. The van der Waals surface area contributed by atoms with Crippen molar-refractivity contribution in [1.82, 2.24) is 4.98 Å². The molecule has 0 amide bonds. The first-order chi connectivity index (χ1) is 3.70. The maximum absolute atomic E-state index is 5.49. The molecular weight excluding hydrogens is 235 g/mol. The van der Waals surface area contributed by atoms with Crippen LogP contribution in [0, 0.1) is 10.6 Å². The summed E-state index contributed by atoms with van der Waals surface area (Å²) in [7, 11) is 0. The summed E-state index contributed by atoms with van der Waals surface area (Å²) in [4.78, 5) is 4.09. The molecule has 0 aliphatic carbocycles. The Morgan fingerprint density at radius 1 is 1.75 bits per heavy atom. The van der Waals surface area contributed by atoms with Crippen molar-refractivity contribution < 1.29 is 0 Å². The number of hydrogen-bond acceptors (Lipinski definition) is 3. The Kier molecular flexibility index (Phi) is 1.71. The average molecular weight is 240 g/mol. The van der Waals surface area contributed by atoms with Crippen LogP contribution in [-0.4, -0.2) is 4.98 Å². The molecule has 44 valence electrons. The van der Waals surface area contributed by atoms with Crippen LogP contribution >= 0.6 is 33.9 Å². The zero-order valence-corrected chi connectivity index (χ0v) is 7.28.